The van der Waals surface area contributed by atoms with Gasteiger partial charge in [-0.1, -0.05) is 49.6 Å². The maximum absolute atomic E-state index is 11.1. The van der Waals surface area contributed by atoms with Crippen LogP contribution in [0.2, 0.25) is 0 Å². The van der Waals surface area contributed by atoms with Gasteiger partial charge in [-0.05, 0) is 11.6 Å². The highest BCUT2D eigenvalue weighted by Gasteiger charge is 2.01. The summed E-state index contributed by atoms with van der Waals surface area (Å²) in [7, 11) is 0. The summed E-state index contributed by atoms with van der Waals surface area (Å²) in [6.45, 7) is 6.87. The van der Waals surface area contributed by atoms with Crippen molar-refractivity contribution in [3.63, 3.8) is 0 Å². The lowest BCUT2D eigenvalue weighted by Gasteiger charge is -1.96. The third-order valence-electron chi connectivity index (χ3n) is 1.73. The van der Waals surface area contributed by atoms with Gasteiger partial charge in [0, 0.05) is 0 Å². The van der Waals surface area contributed by atoms with Gasteiger partial charge in [0.05, 0.1) is 11.8 Å². The summed E-state index contributed by atoms with van der Waals surface area (Å²) >= 11 is 0. The Morgan fingerprint density at radius 1 is 1.27 bits per heavy atom. The van der Waals surface area contributed by atoms with Gasteiger partial charge >= 0.3 is 5.97 Å². The molecule has 0 amide bonds. The Hall–Kier alpha value is -2.09. The minimum absolute atomic E-state index is 0.291. The molecule has 0 aliphatic carbocycles. The third-order valence-corrected chi connectivity index (χ3v) is 1.73. The average molecular weight is 200 g/mol. The second-order valence-corrected chi connectivity index (χ2v) is 2.84. The fraction of sp³-hybridized carbons (Fsp3) is 0. The van der Waals surface area contributed by atoms with E-state index in [9.17, 15) is 4.79 Å². The van der Waals surface area contributed by atoms with E-state index in [2.05, 4.69) is 17.9 Å². The molecule has 1 rings (SSSR count). The lowest BCUT2D eigenvalue weighted by molar-refractivity contribution is -0.133. The first kappa shape index (κ1) is 11.0. The molecule has 0 bridgehead atoms. The van der Waals surface area contributed by atoms with Gasteiger partial charge in [-0.2, -0.15) is 0 Å². The molecule has 0 aliphatic heterocycles. The molecular formula is C13H12O2. The zero-order chi connectivity index (χ0) is 11.1. The van der Waals surface area contributed by atoms with Crippen LogP contribution in [-0.2, 0) is 9.53 Å². The number of hydrogen-bond acceptors (Lipinski definition) is 2. The van der Waals surface area contributed by atoms with E-state index in [0.717, 1.165) is 11.8 Å². The van der Waals surface area contributed by atoms with E-state index in [1.165, 1.54) is 0 Å². The van der Waals surface area contributed by atoms with Crippen molar-refractivity contribution in [3.05, 3.63) is 67.0 Å². The SMILES string of the molecule is C=COC(=O)C(=C)C=Cc1ccccc1. The molecule has 0 unspecified atom stereocenters. The second-order valence-electron chi connectivity index (χ2n) is 2.84. The summed E-state index contributed by atoms with van der Waals surface area (Å²) in [5.41, 5.74) is 1.30. The number of hydrogen-bond donors (Lipinski definition) is 0. The van der Waals surface area contributed by atoms with Crippen LogP contribution in [0.5, 0.6) is 0 Å². The van der Waals surface area contributed by atoms with Crippen LogP contribution in [-0.4, -0.2) is 5.97 Å². The molecule has 1 aromatic carbocycles. The molecule has 0 aliphatic rings. The number of rotatable bonds is 4. The average Bonchev–Trinajstić information content (AvgIpc) is 2.27. The van der Waals surface area contributed by atoms with E-state index in [1.54, 1.807) is 12.2 Å². The van der Waals surface area contributed by atoms with Gasteiger partial charge in [-0.3, -0.25) is 0 Å². The van der Waals surface area contributed by atoms with E-state index >= 15 is 0 Å². The predicted octanol–water partition coefficient (Wildman–Crippen LogP) is 2.94. The fourth-order valence-corrected chi connectivity index (χ4v) is 0.980. The molecule has 0 saturated carbocycles. The molecule has 1 aromatic rings. The molecule has 0 spiro atoms. The van der Waals surface area contributed by atoms with E-state index in [-0.39, 0.29) is 0 Å². The standard InChI is InChI=1S/C13H12O2/c1-3-15-13(14)11(2)9-10-12-7-5-4-6-8-12/h3-10H,1-2H2. The van der Waals surface area contributed by atoms with Gasteiger partial charge in [0.15, 0.2) is 0 Å². The van der Waals surface area contributed by atoms with Crippen LogP contribution in [0.25, 0.3) is 6.08 Å². The molecular weight excluding hydrogens is 188 g/mol. The molecule has 15 heavy (non-hydrogen) atoms. The zero-order valence-corrected chi connectivity index (χ0v) is 8.35. The number of carbonyl (C=O) groups is 1. The Bertz CT molecular complexity index is 388. The van der Waals surface area contributed by atoms with Crippen LogP contribution >= 0.6 is 0 Å². The quantitative estimate of drug-likeness (QED) is 0.323. The van der Waals surface area contributed by atoms with Crippen molar-refractivity contribution in [3.8, 4) is 0 Å². The second kappa shape index (κ2) is 5.60. The predicted molar refractivity (Wildman–Crippen MR) is 60.9 cm³/mol. The van der Waals surface area contributed by atoms with Gasteiger partial charge in [0.25, 0.3) is 0 Å². The van der Waals surface area contributed by atoms with Crippen LogP contribution in [0.4, 0.5) is 0 Å². The van der Waals surface area contributed by atoms with Crippen molar-refractivity contribution in [1.82, 2.24) is 0 Å². The van der Waals surface area contributed by atoms with E-state index in [4.69, 9.17) is 0 Å². The minimum atomic E-state index is -0.489. The highest BCUT2D eigenvalue weighted by molar-refractivity contribution is 5.92. The Kier molecular flexibility index (Phi) is 4.10. The maximum Gasteiger partial charge on any atom is 0.342 e. The highest BCUT2D eigenvalue weighted by atomic mass is 16.5. The summed E-state index contributed by atoms with van der Waals surface area (Å²) in [5, 5.41) is 0. The molecule has 2 nitrogen and oxygen atoms in total. The largest absolute Gasteiger partial charge is 0.432 e. The van der Waals surface area contributed by atoms with Crippen LogP contribution in [0.3, 0.4) is 0 Å². The highest BCUT2D eigenvalue weighted by Crippen LogP contribution is 2.05. The Labute approximate surface area is 89.2 Å². The van der Waals surface area contributed by atoms with Gasteiger partial charge in [-0.15, -0.1) is 0 Å². The van der Waals surface area contributed by atoms with Crippen molar-refractivity contribution >= 4 is 12.0 Å². The van der Waals surface area contributed by atoms with Crippen LogP contribution in [0.1, 0.15) is 5.56 Å². The number of esters is 1. The van der Waals surface area contributed by atoms with Gasteiger partial charge in [0.1, 0.15) is 0 Å². The Morgan fingerprint density at radius 3 is 2.53 bits per heavy atom. The summed E-state index contributed by atoms with van der Waals surface area (Å²) in [4.78, 5) is 11.1. The van der Waals surface area contributed by atoms with E-state index in [1.807, 2.05) is 30.3 Å². The fourth-order valence-electron chi connectivity index (χ4n) is 0.980. The van der Waals surface area contributed by atoms with Gasteiger partial charge in [-0.25, -0.2) is 4.79 Å². The van der Waals surface area contributed by atoms with E-state index in [0.29, 0.717) is 5.57 Å². The van der Waals surface area contributed by atoms with Crippen LogP contribution in [0, 0.1) is 0 Å². The minimum Gasteiger partial charge on any atom is -0.432 e. The summed E-state index contributed by atoms with van der Waals surface area (Å²) in [6, 6.07) is 9.64. The Balaban J connectivity index is 2.62. The van der Waals surface area contributed by atoms with Crippen molar-refractivity contribution in [2.75, 3.05) is 0 Å². The first-order chi connectivity index (χ1) is 7.24. The smallest absolute Gasteiger partial charge is 0.342 e. The van der Waals surface area contributed by atoms with Gasteiger partial charge in [0.2, 0.25) is 0 Å². The lowest BCUT2D eigenvalue weighted by Crippen LogP contribution is -1.99. The molecule has 0 N–H and O–H groups in total. The van der Waals surface area contributed by atoms with Gasteiger partial charge < -0.3 is 4.74 Å². The van der Waals surface area contributed by atoms with Crippen LogP contribution < -0.4 is 0 Å². The number of ether oxygens (including phenoxy) is 1. The monoisotopic (exact) mass is 200 g/mol. The van der Waals surface area contributed by atoms with Crippen molar-refractivity contribution in [2.24, 2.45) is 0 Å². The Morgan fingerprint density at radius 2 is 1.93 bits per heavy atom. The molecule has 0 radical (unpaired) electrons. The normalized spacial score (nSPS) is 9.87. The first-order valence-electron chi connectivity index (χ1n) is 4.48. The van der Waals surface area contributed by atoms with Crippen molar-refractivity contribution < 1.29 is 9.53 Å². The summed E-state index contributed by atoms with van der Waals surface area (Å²) in [6.07, 6.45) is 4.50. The number of carbonyl (C=O) groups excluding carboxylic acids is 1. The van der Waals surface area contributed by atoms with E-state index < -0.39 is 5.97 Å². The number of benzene rings is 1. The maximum atomic E-state index is 11.1. The molecule has 2 heteroatoms. The summed E-state index contributed by atoms with van der Waals surface area (Å²) < 4.78 is 4.57. The van der Waals surface area contributed by atoms with Crippen LogP contribution in [0.15, 0.2) is 61.4 Å². The lowest BCUT2D eigenvalue weighted by atomic mass is 10.2. The first-order valence-corrected chi connectivity index (χ1v) is 4.48. The molecule has 0 atom stereocenters. The zero-order valence-electron chi connectivity index (χ0n) is 8.35. The molecule has 0 heterocycles. The molecule has 0 fully saturated rings. The molecule has 0 saturated heterocycles. The van der Waals surface area contributed by atoms with Crippen molar-refractivity contribution in [2.45, 2.75) is 0 Å². The molecule has 0 aromatic heterocycles. The summed E-state index contributed by atoms with van der Waals surface area (Å²) in [5.74, 6) is -0.489. The third kappa shape index (κ3) is 3.65. The topological polar surface area (TPSA) is 26.3 Å². The van der Waals surface area contributed by atoms with Crippen molar-refractivity contribution in [1.29, 1.82) is 0 Å². The molecule has 76 valence electrons.